The lowest BCUT2D eigenvalue weighted by Crippen LogP contribution is -2.47. The summed E-state index contributed by atoms with van der Waals surface area (Å²) in [6.07, 6.45) is 2.00. The van der Waals surface area contributed by atoms with Crippen LogP contribution >= 0.6 is 24.8 Å². The van der Waals surface area contributed by atoms with Gasteiger partial charge in [0.2, 0.25) is 0 Å². The second-order valence-corrected chi connectivity index (χ2v) is 6.07. The summed E-state index contributed by atoms with van der Waals surface area (Å²) in [5.74, 6) is 0.872. The van der Waals surface area contributed by atoms with E-state index in [0.29, 0.717) is 11.7 Å². The van der Waals surface area contributed by atoms with Crippen LogP contribution in [-0.2, 0) is 4.74 Å². The number of rotatable bonds is 4. The molecular formula is C17H27Cl2FN2O2. The zero-order chi connectivity index (χ0) is 15.4. The third kappa shape index (κ3) is 4.96. The van der Waals surface area contributed by atoms with Gasteiger partial charge in [-0.25, -0.2) is 4.39 Å². The van der Waals surface area contributed by atoms with Crippen LogP contribution in [0.1, 0.15) is 24.4 Å². The second-order valence-electron chi connectivity index (χ2n) is 6.07. The van der Waals surface area contributed by atoms with Crippen LogP contribution in [0.25, 0.3) is 0 Å². The Balaban J connectivity index is 0.00000144. The largest absolute Gasteiger partial charge is 0.497 e. The topological polar surface area (TPSA) is 33.7 Å². The molecule has 0 radical (unpaired) electrons. The first-order valence-electron chi connectivity index (χ1n) is 8.15. The summed E-state index contributed by atoms with van der Waals surface area (Å²) in [5.41, 5.74) is 0.801. The molecule has 0 aliphatic carbocycles. The van der Waals surface area contributed by atoms with Gasteiger partial charge in [0.05, 0.1) is 7.11 Å². The fourth-order valence-electron chi connectivity index (χ4n) is 3.62. The van der Waals surface area contributed by atoms with E-state index in [1.54, 1.807) is 7.11 Å². The van der Waals surface area contributed by atoms with Crippen LogP contribution in [0.5, 0.6) is 5.75 Å². The highest BCUT2D eigenvalue weighted by Gasteiger charge is 2.32. The minimum Gasteiger partial charge on any atom is -0.497 e. The van der Waals surface area contributed by atoms with E-state index in [4.69, 9.17) is 9.47 Å². The Morgan fingerprint density at radius 2 is 1.88 bits per heavy atom. The molecular weight excluding hydrogens is 354 g/mol. The summed E-state index contributed by atoms with van der Waals surface area (Å²) in [7, 11) is 1.57. The zero-order valence-electron chi connectivity index (χ0n) is 14.0. The van der Waals surface area contributed by atoms with Gasteiger partial charge < -0.3 is 14.8 Å². The molecule has 1 aromatic carbocycles. The monoisotopic (exact) mass is 380 g/mol. The summed E-state index contributed by atoms with van der Waals surface area (Å²) in [6, 6.07) is 5.41. The fourth-order valence-corrected chi connectivity index (χ4v) is 3.62. The molecule has 0 saturated carbocycles. The van der Waals surface area contributed by atoms with E-state index in [9.17, 15) is 4.39 Å². The number of piperazine rings is 1. The van der Waals surface area contributed by atoms with Crippen LogP contribution < -0.4 is 10.1 Å². The molecule has 1 N–H and O–H groups in total. The Labute approximate surface area is 155 Å². The van der Waals surface area contributed by atoms with Gasteiger partial charge in [0, 0.05) is 57.1 Å². The van der Waals surface area contributed by atoms with E-state index in [1.807, 2.05) is 12.1 Å². The molecule has 138 valence electrons. The average molecular weight is 381 g/mol. The van der Waals surface area contributed by atoms with E-state index in [-0.39, 0.29) is 36.7 Å². The van der Waals surface area contributed by atoms with Gasteiger partial charge in [-0.1, -0.05) is 6.07 Å². The Morgan fingerprint density at radius 3 is 2.46 bits per heavy atom. The number of nitrogens with one attached hydrogen (secondary N) is 1. The molecule has 24 heavy (non-hydrogen) atoms. The minimum atomic E-state index is -0.158. The summed E-state index contributed by atoms with van der Waals surface area (Å²) in [4.78, 5) is 2.43. The van der Waals surface area contributed by atoms with Gasteiger partial charge in [-0.2, -0.15) is 0 Å². The number of nitrogens with zero attached hydrogens (tertiary/aromatic N) is 1. The van der Waals surface area contributed by atoms with Gasteiger partial charge in [-0.15, -0.1) is 24.8 Å². The number of ether oxygens (including phenoxy) is 2. The maximum absolute atomic E-state index is 14.6. The molecule has 1 aromatic rings. The molecule has 2 aliphatic heterocycles. The van der Waals surface area contributed by atoms with Crippen molar-refractivity contribution in [3.63, 3.8) is 0 Å². The highest BCUT2D eigenvalue weighted by Crippen LogP contribution is 2.37. The molecule has 0 amide bonds. The highest BCUT2D eigenvalue weighted by atomic mass is 35.5. The molecule has 2 saturated heterocycles. The number of hydrogen-bond donors (Lipinski definition) is 1. The predicted octanol–water partition coefficient (Wildman–Crippen LogP) is 3.05. The Bertz CT molecular complexity index is 477. The quantitative estimate of drug-likeness (QED) is 0.870. The van der Waals surface area contributed by atoms with Crippen molar-refractivity contribution >= 4 is 24.8 Å². The molecule has 7 heteroatoms. The SMILES string of the molecule is COc1ccc([C@H](C2CCOCC2)N2CCNCC2)c(F)c1.Cl.Cl. The first-order chi connectivity index (χ1) is 10.8. The van der Waals surface area contributed by atoms with Gasteiger partial charge in [0.15, 0.2) is 0 Å². The fraction of sp³-hybridized carbons (Fsp3) is 0.647. The van der Waals surface area contributed by atoms with E-state index in [2.05, 4.69) is 10.2 Å². The zero-order valence-corrected chi connectivity index (χ0v) is 15.6. The highest BCUT2D eigenvalue weighted by molar-refractivity contribution is 5.85. The first-order valence-corrected chi connectivity index (χ1v) is 8.15. The van der Waals surface area contributed by atoms with Gasteiger partial charge >= 0.3 is 0 Å². The average Bonchev–Trinajstić information content (AvgIpc) is 2.58. The summed E-state index contributed by atoms with van der Waals surface area (Å²) in [5, 5.41) is 3.38. The van der Waals surface area contributed by atoms with Crippen molar-refractivity contribution in [2.45, 2.75) is 18.9 Å². The van der Waals surface area contributed by atoms with Crippen molar-refractivity contribution < 1.29 is 13.9 Å². The van der Waals surface area contributed by atoms with Crippen LogP contribution in [0.2, 0.25) is 0 Å². The van der Waals surface area contributed by atoms with Crippen LogP contribution in [0.4, 0.5) is 4.39 Å². The molecule has 2 heterocycles. The molecule has 3 rings (SSSR count). The lowest BCUT2D eigenvalue weighted by atomic mass is 9.85. The Kier molecular flexibility index (Phi) is 9.31. The molecule has 0 aromatic heterocycles. The summed E-state index contributed by atoms with van der Waals surface area (Å²) < 4.78 is 25.3. The van der Waals surface area contributed by atoms with Crippen LogP contribution in [-0.4, -0.2) is 51.4 Å². The van der Waals surface area contributed by atoms with Gasteiger partial charge in [0.25, 0.3) is 0 Å². The molecule has 4 nitrogen and oxygen atoms in total. The standard InChI is InChI=1S/C17H25FN2O2.2ClH/c1-21-14-2-3-15(16(18)12-14)17(13-4-10-22-11-5-13)20-8-6-19-7-9-20;;/h2-3,12-13,17,19H,4-11H2,1H3;2*1H/t17-;;/m0../s1. The van der Waals surface area contributed by atoms with E-state index < -0.39 is 0 Å². The summed E-state index contributed by atoms with van der Waals surface area (Å²) in [6.45, 7) is 5.44. The van der Waals surface area contributed by atoms with Crippen molar-refractivity contribution in [2.75, 3.05) is 46.5 Å². The van der Waals surface area contributed by atoms with Crippen LogP contribution in [0.3, 0.4) is 0 Å². The number of hydrogen-bond acceptors (Lipinski definition) is 4. The molecule has 0 spiro atoms. The van der Waals surface area contributed by atoms with Crippen LogP contribution in [0.15, 0.2) is 18.2 Å². The minimum absolute atomic E-state index is 0. The Hall–Kier alpha value is -0.590. The van der Waals surface area contributed by atoms with Crippen molar-refractivity contribution in [2.24, 2.45) is 5.92 Å². The number of benzene rings is 1. The molecule has 2 fully saturated rings. The molecule has 0 unspecified atom stereocenters. The van der Waals surface area contributed by atoms with Crippen molar-refractivity contribution in [1.29, 1.82) is 0 Å². The molecule has 1 atom stereocenters. The maximum Gasteiger partial charge on any atom is 0.131 e. The van der Waals surface area contributed by atoms with Crippen LogP contribution in [0, 0.1) is 11.7 Å². The second kappa shape index (κ2) is 10.4. The van der Waals surface area contributed by atoms with E-state index in [1.165, 1.54) is 6.07 Å². The predicted molar refractivity (Wildman–Crippen MR) is 98.2 cm³/mol. The first kappa shape index (κ1) is 21.5. The van der Waals surface area contributed by atoms with Gasteiger partial charge in [-0.05, 0) is 24.8 Å². The van der Waals surface area contributed by atoms with Crippen molar-refractivity contribution in [1.82, 2.24) is 10.2 Å². The van der Waals surface area contributed by atoms with Gasteiger partial charge in [0.1, 0.15) is 11.6 Å². The summed E-state index contributed by atoms with van der Waals surface area (Å²) >= 11 is 0. The normalized spacial score (nSPS) is 20.6. The van der Waals surface area contributed by atoms with E-state index >= 15 is 0 Å². The third-order valence-electron chi connectivity index (χ3n) is 4.78. The van der Waals surface area contributed by atoms with Gasteiger partial charge in [-0.3, -0.25) is 4.90 Å². The maximum atomic E-state index is 14.6. The lowest BCUT2D eigenvalue weighted by molar-refractivity contribution is 0.0202. The Morgan fingerprint density at radius 1 is 1.21 bits per heavy atom. The smallest absolute Gasteiger partial charge is 0.131 e. The third-order valence-corrected chi connectivity index (χ3v) is 4.78. The van der Waals surface area contributed by atoms with Crippen molar-refractivity contribution in [3.05, 3.63) is 29.6 Å². The molecule has 2 aliphatic rings. The van der Waals surface area contributed by atoms with E-state index in [0.717, 1.165) is 57.8 Å². The number of methoxy groups -OCH3 is 1. The number of halogens is 3. The lowest BCUT2D eigenvalue weighted by Gasteiger charge is -2.41. The molecule has 0 bridgehead atoms. The van der Waals surface area contributed by atoms with Crippen molar-refractivity contribution in [3.8, 4) is 5.75 Å².